The van der Waals surface area contributed by atoms with Crippen LogP contribution in [0.4, 0.5) is 4.39 Å². The predicted octanol–water partition coefficient (Wildman–Crippen LogP) is 0.895. The van der Waals surface area contributed by atoms with Crippen molar-refractivity contribution in [2.75, 3.05) is 26.2 Å². The molecule has 6 heteroatoms. The van der Waals surface area contributed by atoms with Gasteiger partial charge in [0.25, 0.3) is 0 Å². The maximum Gasteiger partial charge on any atom is 0.250 e. The average molecular weight is 289 g/mol. The molecule has 0 aromatic heterocycles. The van der Waals surface area contributed by atoms with Crippen molar-refractivity contribution in [1.82, 2.24) is 10.6 Å². The van der Waals surface area contributed by atoms with Crippen LogP contribution in [0.1, 0.15) is 5.56 Å². The van der Waals surface area contributed by atoms with E-state index in [4.69, 9.17) is 4.74 Å². The first-order valence-electron chi connectivity index (χ1n) is 6.10. The van der Waals surface area contributed by atoms with Gasteiger partial charge in [0.1, 0.15) is 11.9 Å². The Bertz CT molecular complexity index is 394. The monoisotopic (exact) mass is 288 g/mol. The summed E-state index contributed by atoms with van der Waals surface area (Å²) in [6, 6.07) is 6.29. The van der Waals surface area contributed by atoms with Gasteiger partial charge in [0, 0.05) is 19.6 Å². The topological polar surface area (TPSA) is 50.4 Å². The van der Waals surface area contributed by atoms with Crippen LogP contribution in [-0.2, 0) is 16.0 Å². The number of ether oxygens (including phenoxy) is 1. The average Bonchev–Trinajstić information content (AvgIpc) is 2.42. The van der Waals surface area contributed by atoms with Crippen molar-refractivity contribution in [1.29, 1.82) is 0 Å². The quantitative estimate of drug-likeness (QED) is 0.865. The fourth-order valence-electron chi connectivity index (χ4n) is 1.83. The number of amides is 1. The Labute approximate surface area is 118 Å². The molecule has 1 aromatic rings. The lowest BCUT2D eigenvalue weighted by Crippen LogP contribution is -2.48. The van der Waals surface area contributed by atoms with Crippen molar-refractivity contribution in [3.63, 3.8) is 0 Å². The van der Waals surface area contributed by atoms with E-state index < -0.39 is 6.10 Å². The normalized spacial score (nSPS) is 18.5. The van der Waals surface area contributed by atoms with Crippen LogP contribution in [0.2, 0.25) is 0 Å². The SMILES string of the molecule is Cl.O=C(NCCc1ccc(F)cc1)C1CNCCO1. The molecule has 0 bridgehead atoms. The molecule has 1 aliphatic rings. The minimum Gasteiger partial charge on any atom is -0.366 e. The summed E-state index contributed by atoms with van der Waals surface area (Å²) in [5, 5.41) is 5.92. The Balaban J connectivity index is 0.00000180. The molecule has 1 atom stereocenters. The predicted molar refractivity (Wildman–Crippen MR) is 73.0 cm³/mol. The zero-order valence-corrected chi connectivity index (χ0v) is 11.3. The lowest BCUT2D eigenvalue weighted by atomic mass is 10.1. The van der Waals surface area contributed by atoms with Gasteiger partial charge in [0.2, 0.25) is 5.91 Å². The van der Waals surface area contributed by atoms with E-state index in [2.05, 4.69) is 10.6 Å². The highest BCUT2D eigenvalue weighted by Crippen LogP contribution is 2.03. The second-order valence-electron chi connectivity index (χ2n) is 4.23. The van der Waals surface area contributed by atoms with Gasteiger partial charge in [-0.25, -0.2) is 4.39 Å². The molecule has 1 fully saturated rings. The van der Waals surface area contributed by atoms with Crippen LogP contribution in [0.3, 0.4) is 0 Å². The Morgan fingerprint density at radius 3 is 2.79 bits per heavy atom. The van der Waals surface area contributed by atoms with E-state index in [9.17, 15) is 9.18 Å². The van der Waals surface area contributed by atoms with Crippen molar-refractivity contribution in [3.05, 3.63) is 35.6 Å². The maximum atomic E-state index is 12.7. The number of nitrogens with one attached hydrogen (secondary N) is 2. The number of hydrogen-bond acceptors (Lipinski definition) is 3. The van der Waals surface area contributed by atoms with Gasteiger partial charge in [-0.2, -0.15) is 0 Å². The molecule has 1 amide bonds. The van der Waals surface area contributed by atoms with Crippen molar-refractivity contribution in [2.24, 2.45) is 0 Å². The minimum absolute atomic E-state index is 0. The van der Waals surface area contributed by atoms with E-state index in [1.807, 2.05) is 0 Å². The molecule has 0 saturated carbocycles. The highest BCUT2D eigenvalue weighted by molar-refractivity contribution is 5.85. The van der Waals surface area contributed by atoms with Crippen molar-refractivity contribution < 1.29 is 13.9 Å². The van der Waals surface area contributed by atoms with Crippen molar-refractivity contribution in [3.8, 4) is 0 Å². The van der Waals surface area contributed by atoms with E-state index in [0.29, 0.717) is 26.1 Å². The second-order valence-corrected chi connectivity index (χ2v) is 4.23. The summed E-state index contributed by atoms with van der Waals surface area (Å²) in [5.41, 5.74) is 0.999. The number of hydrogen-bond donors (Lipinski definition) is 2. The molecule has 1 heterocycles. The number of carbonyl (C=O) groups excluding carboxylic acids is 1. The van der Waals surface area contributed by atoms with Crippen LogP contribution in [0.25, 0.3) is 0 Å². The van der Waals surface area contributed by atoms with Gasteiger partial charge in [-0.1, -0.05) is 12.1 Å². The molecule has 106 valence electrons. The third-order valence-corrected chi connectivity index (χ3v) is 2.85. The van der Waals surface area contributed by atoms with E-state index in [1.54, 1.807) is 12.1 Å². The number of benzene rings is 1. The van der Waals surface area contributed by atoms with Gasteiger partial charge in [0.15, 0.2) is 0 Å². The van der Waals surface area contributed by atoms with Crippen molar-refractivity contribution in [2.45, 2.75) is 12.5 Å². The fourth-order valence-corrected chi connectivity index (χ4v) is 1.83. The molecular weight excluding hydrogens is 271 g/mol. The molecule has 1 aromatic carbocycles. The molecule has 1 unspecified atom stereocenters. The summed E-state index contributed by atoms with van der Waals surface area (Å²) >= 11 is 0. The van der Waals surface area contributed by atoms with E-state index in [-0.39, 0.29) is 24.1 Å². The first-order valence-corrected chi connectivity index (χ1v) is 6.10. The lowest BCUT2D eigenvalue weighted by molar-refractivity contribution is -0.134. The van der Waals surface area contributed by atoms with Crippen molar-refractivity contribution >= 4 is 18.3 Å². The number of halogens is 2. The van der Waals surface area contributed by atoms with Crippen LogP contribution in [0, 0.1) is 5.82 Å². The largest absolute Gasteiger partial charge is 0.366 e. The summed E-state index contributed by atoms with van der Waals surface area (Å²) in [7, 11) is 0. The molecule has 19 heavy (non-hydrogen) atoms. The van der Waals surface area contributed by atoms with E-state index >= 15 is 0 Å². The Hall–Kier alpha value is -1.17. The van der Waals surface area contributed by atoms with Crippen LogP contribution in [0.5, 0.6) is 0 Å². The van der Waals surface area contributed by atoms with Crippen LogP contribution in [0.15, 0.2) is 24.3 Å². The van der Waals surface area contributed by atoms with Gasteiger partial charge in [0.05, 0.1) is 6.61 Å². The maximum absolute atomic E-state index is 12.7. The molecule has 1 aliphatic heterocycles. The van der Waals surface area contributed by atoms with Gasteiger partial charge in [-0.15, -0.1) is 12.4 Å². The highest BCUT2D eigenvalue weighted by Gasteiger charge is 2.20. The lowest BCUT2D eigenvalue weighted by Gasteiger charge is -2.22. The summed E-state index contributed by atoms with van der Waals surface area (Å²) < 4.78 is 18.0. The second kappa shape index (κ2) is 8.09. The van der Waals surface area contributed by atoms with Gasteiger partial charge in [-0.05, 0) is 24.1 Å². The highest BCUT2D eigenvalue weighted by atomic mass is 35.5. The third-order valence-electron chi connectivity index (χ3n) is 2.85. The minimum atomic E-state index is -0.396. The fraction of sp³-hybridized carbons (Fsp3) is 0.462. The summed E-state index contributed by atoms with van der Waals surface area (Å²) in [5.74, 6) is -0.339. The number of morpholine rings is 1. The Morgan fingerprint density at radius 2 is 2.16 bits per heavy atom. The molecule has 4 nitrogen and oxygen atoms in total. The zero-order chi connectivity index (χ0) is 12.8. The third kappa shape index (κ3) is 5.14. The number of rotatable bonds is 4. The first kappa shape index (κ1) is 15.9. The molecule has 0 radical (unpaired) electrons. The summed E-state index contributed by atoms with van der Waals surface area (Å²) in [6.07, 6.45) is 0.290. The van der Waals surface area contributed by atoms with Crippen LogP contribution >= 0.6 is 12.4 Å². The molecule has 0 aliphatic carbocycles. The Morgan fingerprint density at radius 1 is 1.42 bits per heavy atom. The standard InChI is InChI=1S/C13H17FN2O2.ClH/c14-11-3-1-10(2-4-11)5-6-16-13(17)12-9-15-7-8-18-12;/h1-4,12,15H,5-9H2,(H,16,17);1H. The van der Waals surface area contributed by atoms with E-state index in [0.717, 1.165) is 12.1 Å². The van der Waals surface area contributed by atoms with Gasteiger partial charge < -0.3 is 15.4 Å². The van der Waals surface area contributed by atoms with E-state index in [1.165, 1.54) is 12.1 Å². The summed E-state index contributed by atoms with van der Waals surface area (Å²) in [6.45, 7) is 2.45. The summed E-state index contributed by atoms with van der Waals surface area (Å²) in [4.78, 5) is 11.7. The van der Waals surface area contributed by atoms with Crippen LogP contribution in [-0.4, -0.2) is 38.3 Å². The number of carbonyl (C=O) groups is 1. The molecule has 2 N–H and O–H groups in total. The molecular formula is C13H18ClFN2O2. The van der Waals surface area contributed by atoms with Crippen LogP contribution < -0.4 is 10.6 Å². The van der Waals surface area contributed by atoms with Gasteiger partial charge in [-0.3, -0.25) is 4.79 Å². The Kier molecular flexibility index (Phi) is 6.77. The molecule has 1 saturated heterocycles. The first-order chi connectivity index (χ1) is 8.75. The molecule has 2 rings (SSSR count). The molecule has 0 spiro atoms. The van der Waals surface area contributed by atoms with Gasteiger partial charge >= 0.3 is 0 Å². The smallest absolute Gasteiger partial charge is 0.250 e. The zero-order valence-electron chi connectivity index (χ0n) is 10.5.